The monoisotopic (exact) mass is 502 g/mol. The molecule has 2 N–H and O–H groups in total. The van der Waals surface area contributed by atoms with Crippen LogP contribution in [0.15, 0.2) is 66.2 Å². The Kier molecular flexibility index (Phi) is 7.11. The van der Waals surface area contributed by atoms with Gasteiger partial charge in [-0.1, -0.05) is 6.07 Å². The Labute approximate surface area is 216 Å². The molecule has 0 radical (unpaired) electrons. The maximum absolute atomic E-state index is 13.4. The van der Waals surface area contributed by atoms with Crippen molar-refractivity contribution in [3.8, 4) is 17.2 Å². The number of amides is 1. The van der Waals surface area contributed by atoms with Crippen molar-refractivity contribution in [2.45, 2.75) is 19.9 Å². The zero-order chi connectivity index (χ0) is 26.9. The number of hydrogen-bond donors (Lipinski definition) is 2. The largest absolute Gasteiger partial charge is 0.507 e. The number of ether oxygens (including phenoxy) is 2. The number of Topliss-reactive ketones (excluding diaryl/α,β-unsaturated/α-hetero) is 1. The minimum absolute atomic E-state index is 0.0561. The van der Waals surface area contributed by atoms with Crippen LogP contribution in [0.5, 0.6) is 17.2 Å². The number of hydrogen-bond acceptors (Lipinski definition) is 7. The molecule has 8 nitrogen and oxygen atoms in total. The average Bonchev–Trinajstić information content (AvgIpc) is 3.15. The first kappa shape index (κ1) is 25.6. The summed E-state index contributed by atoms with van der Waals surface area (Å²) in [7, 11) is 5.36. The van der Waals surface area contributed by atoms with Gasteiger partial charge in [0, 0.05) is 31.0 Å². The van der Waals surface area contributed by atoms with E-state index in [0.29, 0.717) is 29.2 Å². The first-order valence-electron chi connectivity index (χ1n) is 11.9. The topological polar surface area (TPSA) is 99.5 Å². The van der Waals surface area contributed by atoms with Gasteiger partial charge in [0.1, 0.15) is 11.5 Å². The Hall–Kier alpha value is -4.46. The van der Waals surface area contributed by atoms with E-state index < -0.39 is 17.7 Å². The van der Waals surface area contributed by atoms with Crippen LogP contribution in [0.1, 0.15) is 29.7 Å². The molecule has 192 valence electrons. The van der Waals surface area contributed by atoms with E-state index in [4.69, 9.17) is 9.47 Å². The summed E-state index contributed by atoms with van der Waals surface area (Å²) < 4.78 is 10.9. The average molecular weight is 503 g/mol. The Balaban J connectivity index is 1.94. The third kappa shape index (κ3) is 4.70. The molecular formula is C29H30N2O6. The highest BCUT2D eigenvalue weighted by molar-refractivity contribution is 6.51. The Morgan fingerprint density at radius 2 is 1.70 bits per heavy atom. The van der Waals surface area contributed by atoms with Gasteiger partial charge in [-0.3, -0.25) is 14.5 Å². The number of rotatable bonds is 7. The van der Waals surface area contributed by atoms with Gasteiger partial charge in [0.05, 0.1) is 25.3 Å². The molecular weight excluding hydrogens is 472 g/mol. The number of carbonyl (C=O) groups is 2. The molecule has 0 bridgehead atoms. The lowest BCUT2D eigenvalue weighted by Gasteiger charge is -2.26. The highest BCUT2D eigenvalue weighted by Gasteiger charge is 2.47. The van der Waals surface area contributed by atoms with E-state index in [1.165, 1.54) is 11.0 Å². The number of phenols is 1. The maximum Gasteiger partial charge on any atom is 0.300 e. The van der Waals surface area contributed by atoms with Crippen LogP contribution in [-0.4, -0.2) is 49.7 Å². The zero-order valence-electron chi connectivity index (χ0n) is 21.5. The first-order valence-corrected chi connectivity index (χ1v) is 11.9. The lowest BCUT2D eigenvalue weighted by Crippen LogP contribution is -2.29. The van der Waals surface area contributed by atoms with E-state index in [1.54, 1.807) is 56.5 Å². The summed E-state index contributed by atoms with van der Waals surface area (Å²) in [5, 5.41) is 21.6. The van der Waals surface area contributed by atoms with E-state index in [1.807, 2.05) is 38.1 Å². The van der Waals surface area contributed by atoms with E-state index >= 15 is 0 Å². The maximum atomic E-state index is 13.4. The molecule has 3 aromatic carbocycles. The Morgan fingerprint density at radius 3 is 2.30 bits per heavy atom. The van der Waals surface area contributed by atoms with Gasteiger partial charge in [0.25, 0.3) is 11.7 Å². The number of aliphatic hydroxyl groups excluding tert-OH is 1. The SMILES string of the molecule is CCOc1cc(C2/C(=C(/O)c3ccc(OC)c(C)c3)C(=O)C(=O)N2c2ccc(N(C)C)cc2)ccc1O. The molecule has 1 atom stereocenters. The van der Waals surface area contributed by atoms with Gasteiger partial charge < -0.3 is 24.6 Å². The minimum atomic E-state index is -0.951. The summed E-state index contributed by atoms with van der Waals surface area (Å²) in [5.74, 6) is -1.08. The third-order valence-electron chi connectivity index (χ3n) is 6.36. The molecule has 1 amide bonds. The van der Waals surface area contributed by atoms with Crippen molar-refractivity contribution in [1.82, 2.24) is 0 Å². The van der Waals surface area contributed by atoms with Crippen molar-refractivity contribution < 1.29 is 29.3 Å². The number of phenolic OH excluding ortho intramolecular Hbond substituents is 1. The van der Waals surface area contributed by atoms with Crippen molar-refractivity contribution in [1.29, 1.82) is 0 Å². The fourth-order valence-corrected chi connectivity index (χ4v) is 4.48. The molecule has 8 heteroatoms. The lowest BCUT2D eigenvalue weighted by atomic mass is 9.94. The van der Waals surface area contributed by atoms with Gasteiger partial charge in [-0.15, -0.1) is 0 Å². The highest BCUT2D eigenvalue weighted by Crippen LogP contribution is 2.44. The number of methoxy groups -OCH3 is 1. The van der Waals surface area contributed by atoms with E-state index in [9.17, 15) is 19.8 Å². The van der Waals surface area contributed by atoms with Gasteiger partial charge in [0.2, 0.25) is 0 Å². The molecule has 3 aromatic rings. The molecule has 1 aliphatic heterocycles. The number of carbonyl (C=O) groups excluding carboxylic acids is 2. The second-order valence-corrected chi connectivity index (χ2v) is 8.92. The van der Waals surface area contributed by atoms with Crippen molar-refractivity contribution in [3.63, 3.8) is 0 Å². The third-order valence-corrected chi connectivity index (χ3v) is 6.36. The van der Waals surface area contributed by atoms with Crippen LogP contribution in [-0.2, 0) is 9.59 Å². The van der Waals surface area contributed by atoms with Gasteiger partial charge >= 0.3 is 0 Å². The molecule has 37 heavy (non-hydrogen) atoms. The minimum Gasteiger partial charge on any atom is -0.507 e. The molecule has 4 rings (SSSR count). The van der Waals surface area contributed by atoms with Gasteiger partial charge in [-0.05, 0) is 79.6 Å². The number of aliphatic hydroxyl groups is 1. The van der Waals surface area contributed by atoms with Crippen LogP contribution in [0.25, 0.3) is 5.76 Å². The molecule has 1 unspecified atom stereocenters. The predicted molar refractivity (Wildman–Crippen MR) is 143 cm³/mol. The number of benzene rings is 3. The predicted octanol–water partition coefficient (Wildman–Crippen LogP) is 4.80. The van der Waals surface area contributed by atoms with Crippen LogP contribution in [0.4, 0.5) is 11.4 Å². The number of aromatic hydroxyl groups is 1. The molecule has 1 heterocycles. The van der Waals surface area contributed by atoms with E-state index in [-0.39, 0.29) is 22.8 Å². The quantitative estimate of drug-likeness (QED) is 0.272. The Bertz CT molecular complexity index is 1380. The van der Waals surface area contributed by atoms with Gasteiger partial charge in [0.15, 0.2) is 11.5 Å². The van der Waals surface area contributed by atoms with E-state index in [0.717, 1.165) is 11.3 Å². The lowest BCUT2D eigenvalue weighted by molar-refractivity contribution is -0.132. The first-order chi connectivity index (χ1) is 17.7. The number of ketones is 1. The van der Waals surface area contributed by atoms with Crippen LogP contribution in [0, 0.1) is 6.92 Å². The molecule has 1 saturated heterocycles. The van der Waals surface area contributed by atoms with Crippen LogP contribution in [0.2, 0.25) is 0 Å². The normalized spacial score (nSPS) is 16.7. The second-order valence-electron chi connectivity index (χ2n) is 8.92. The molecule has 1 aliphatic rings. The second kappa shape index (κ2) is 10.3. The van der Waals surface area contributed by atoms with Crippen LogP contribution < -0.4 is 19.3 Å². The Morgan fingerprint density at radius 1 is 1.00 bits per heavy atom. The van der Waals surface area contributed by atoms with Crippen LogP contribution >= 0.6 is 0 Å². The van der Waals surface area contributed by atoms with Crippen molar-refractivity contribution in [3.05, 3.63) is 82.9 Å². The number of aryl methyl sites for hydroxylation is 1. The van der Waals surface area contributed by atoms with Crippen molar-refractivity contribution >= 4 is 28.8 Å². The summed E-state index contributed by atoms with van der Waals surface area (Å²) in [6, 6.07) is 16.0. The van der Waals surface area contributed by atoms with Crippen molar-refractivity contribution in [2.24, 2.45) is 0 Å². The molecule has 0 spiro atoms. The zero-order valence-corrected chi connectivity index (χ0v) is 21.5. The summed E-state index contributed by atoms with van der Waals surface area (Å²) in [5.41, 5.74) is 3.01. The molecule has 0 aliphatic carbocycles. The fraction of sp³-hybridized carbons (Fsp3) is 0.241. The van der Waals surface area contributed by atoms with Crippen LogP contribution in [0.3, 0.4) is 0 Å². The molecule has 0 saturated carbocycles. The van der Waals surface area contributed by atoms with Crippen molar-refractivity contribution in [2.75, 3.05) is 37.6 Å². The summed E-state index contributed by atoms with van der Waals surface area (Å²) in [6.45, 7) is 3.93. The molecule has 0 aromatic heterocycles. The standard InChI is InChI=1S/C29H30N2O6/c1-6-37-24-16-18(7-13-22(24)32)26-25(27(33)19-8-14-23(36-5)17(2)15-19)28(34)29(35)31(26)21-11-9-20(10-12-21)30(3)4/h7-16,26,32-33H,6H2,1-5H3/b27-25-. The summed E-state index contributed by atoms with van der Waals surface area (Å²) >= 11 is 0. The highest BCUT2D eigenvalue weighted by atomic mass is 16.5. The van der Waals surface area contributed by atoms with Gasteiger partial charge in [-0.25, -0.2) is 0 Å². The molecule has 1 fully saturated rings. The smallest absolute Gasteiger partial charge is 0.300 e. The summed E-state index contributed by atoms with van der Waals surface area (Å²) in [4.78, 5) is 30.1. The van der Waals surface area contributed by atoms with Gasteiger partial charge in [-0.2, -0.15) is 0 Å². The fourth-order valence-electron chi connectivity index (χ4n) is 4.48. The van der Waals surface area contributed by atoms with E-state index in [2.05, 4.69) is 0 Å². The number of nitrogens with zero attached hydrogens (tertiary/aromatic N) is 2. The summed E-state index contributed by atoms with van der Waals surface area (Å²) in [6.07, 6.45) is 0. The number of anilines is 2.